The highest BCUT2D eigenvalue weighted by Gasteiger charge is 2.20. The van der Waals surface area contributed by atoms with Gasteiger partial charge in [-0.05, 0) is 35.9 Å². The summed E-state index contributed by atoms with van der Waals surface area (Å²) in [6.07, 6.45) is 6.67. The van der Waals surface area contributed by atoms with Crippen LogP contribution in [0.4, 0.5) is 11.4 Å². The lowest BCUT2D eigenvalue weighted by Gasteiger charge is -2.13. The third kappa shape index (κ3) is 3.94. The zero-order valence-corrected chi connectivity index (χ0v) is 20.0. The normalized spacial score (nSPS) is 14.1. The van der Waals surface area contributed by atoms with Crippen LogP contribution in [0.15, 0.2) is 72.3 Å². The molecule has 0 saturated heterocycles. The van der Waals surface area contributed by atoms with Crippen molar-refractivity contribution < 1.29 is 13.2 Å². The molecule has 5 heterocycles. The van der Waals surface area contributed by atoms with Crippen molar-refractivity contribution in [2.24, 2.45) is 0 Å². The van der Waals surface area contributed by atoms with E-state index in [1.165, 1.54) is 24.8 Å². The molecular weight excluding hydrogens is 484 g/mol. The molecular formula is C24H18N6O3S2. The van der Waals surface area contributed by atoms with Crippen LogP contribution in [-0.4, -0.2) is 35.5 Å². The van der Waals surface area contributed by atoms with E-state index in [4.69, 9.17) is 4.74 Å². The van der Waals surface area contributed by atoms with Gasteiger partial charge in [-0.2, -0.15) is 0 Å². The summed E-state index contributed by atoms with van der Waals surface area (Å²) in [4.78, 5) is 18.7. The van der Waals surface area contributed by atoms with Crippen molar-refractivity contribution in [3.63, 3.8) is 0 Å². The van der Waals surface area contributed by atoms with Gasteiger partial charge in [-0.1, -0.05) is 12.1 Å². The Bertz CT molecular complexity index is 1700. The second kappa shape index (κ2) is 8.29. The van der Waals surface area contributed by atoms with Gasteiger partial charge < -0.3 is 10.1 Å². The third-order valence-corrected chi connectivity index (χ3v) is 8.14. The lowest BCUT2D eigenvalue weighted by atomic mass is 10.1. The van der Waals surface area contributed by atoms with Crippen molar-refractivity contribution in [1.82, 2.24) is 19.9 Å². The number of anilines is 2. The summed E-state index contributed by atoms with van der Waals surface area (Å²) < 4.78 is 35.4. The lowest BCUT2D eigenvalue weighted by molar-refractivity contribution is 0.400. The monoisotopic (exact) mass is 502 g/mol. The van der Waals surface area contributed by atoms with E-state index in [1.54, 1.807) is 42.9 Å². The van der Waals surface area contributed by atoms with Crippen molar-refractivity contribution >= 4 is 43.0 Å². The maximum Gasteiger partial charge on any atom is 0.262 e. The first-order valence-electron chi connectivity index (χ1n) is 10.6. The van der Waals surface area contributed by atoms with Crippen LogP contribution in [-0.2, 0) is 16.6 Å². The number of nitrogens with one attached hydrogen (secondary N) is 2. The number of fused-ring (bicyclic) bond motifs is 9. The number of methoxy groups -OCH3 is 1. The number of benzene rings is 1. The van der Waals surface area contributed by atoms with Crippen LogP contribution in [0.2, 0.25) is 0 Å². The van der Waals surface area contributed by atoms with Crippen LogP contribution in [0.1, 0.15) is 5.56 Å². The zero-order valence-electron chi connectivity index (χ0n) is 18.4. The number of ether oxygens (including phenoxy) is 1. The van der Waals surface area contributed by atoms with E-state index >= 15 is 0 Å². The van der Waals surface area contributed by atoms with E-state index in [-0.39, 0.29) is 16.5 Å². The van der Waals surface area contributed by atoms with Gasteiger partial charge in [0.05, 0.1) is 33.6 Å². The quantitative estimate of drug-likeness (QED) is 0.343. The van der Waals surface area contributed by atoms with Gasteiger partial charge in [0.25, 0.3) is 10.0 Å². The molecule has 0 unspecified atom stereocenters. The minimum atomic E-state index is -3.90. The summed E-state index contributed by atoms with van der Waals surface area (Å²) in [5, 5.41) is 3.32. The Hall–Kier alpha value is -4.09. The molecule has 0 amide bonds. The molecule has 4 aromatic heterocycles. The molecule has 6 rings (SSSR count). The molecule has 1 aromatic carbocycles. The zero-order chi connectivity index (χ0) is 24.0. The largest absolute Gasteiger partial charge is 0.480 e. The van der Waals surface area contributed by atoms with Gasteiger partial charge in [0, 0.05) is 41.1 Å². The molecule has 0 radical (unpaired) electrons. The predicted molar refractivity (Wildman–Crippen MR) is 135 cm³/mol. The molecule has 8 bridgehead atoms. The minimum absolute atomic E-state index is 0.138. The van der Waals surface area contributed by atoms with E-state index < -0.39 is 10.0 Å². The fourth-order valence-corrected chi connectivity index (χ4v) is 6.14. The van der Waals surface area contributed by atoms with E-state index in [0.29, 0.717) is 6.54 Å². The molecule has 0 fully saturated rings. The number of hydrogen-bond acceptors (Lipinski definition) is 9. The highest BCUT2D eigenvalue weighted by atomic mass is 32.2. The van der Waals surface area contributed by atoms with Crippen molar-refractivity contribution in [2.45, 2.75) is 11.4 Å². The second-order valence-electron chi connectivity index (χ2n) is 7.90. The van der Waals surface area contributed by atoms with E-state index in [0.717, 1.165) is 43.2 Å². The molecule has 0 atom stereocenters. The lowest BCUT2D eigenvalue weighted by Crippen LogP contribution is -2.14. The van der Waals surface area contributed by atoms with Crippen LogP contribution < -0.4 is 14.8 Å². The van der Waals surface area contributed by atoms with Gasteiger partial charge in [-0.15, -0.1) is 11.3 Å². The van der Waals surface area contributed by atoms with Crippen molar-refractivity contribution in [2.75, 3.05) is 17.1 Å². The molecule has 9 nitrogen and oxygen atoms in total. The Morgan fingerprint density at radius 3 is 2.80 bits per heavy atom. The first-order valence-corrected chi connectivity index (χ1v) is 12.9. The number of hydrogen-bond donors (Lipinski definition) is 2. The van der Waals surface area contributed by atoms with Crippen LogP contribution >= 0.6 is 11.3 Å². The van der Waals surface area contributed by atoms with Crippen LogP contribution in [0.5, 0.6) is 5.88 Å². The van der Waals surface area contributed by atoms with Gasteiger partial charge in [0.1, 0.15) is 12.0 Å². The summed E-state index contributed by atoms with van der Waals surface area (Å²) in [6, 6.07) is 12.4. The SMILES string of the molecule is COc1ncc2cc1NS(=O)(=O)c1cccc(c1)CNc1cncc(c1)-c1ncnc3cc-2sc13. The van der Waals surface area contributed by atoms with Gasteiger partial charge in [0.15, 0.2) is 0 Å². The maximum absolute atomic E-state index is 13.3. The fraction of sp³-hybridized carbons (Fsp3) is 0.0833. The average Bonchev–Trinajstić information content (AvgIpc) is 3.32. The molecule has 1 aliphatic rings. The molecule has 11 heteroatoms. The van der Waals surface area contributed by atoms with E-state index in [1.807, 2.05) is 18.2 Å². The molecule has 35 heavy (non-hydrogen) atoms. The number of rotatable bonds is 1. The summed E-state index contributed by atoms with van der Waals surface area (Å²) in [5.74, 6) is 0.178. The second-order valence-corrected chi connectivity index (χ2v) is 10.6. The van der Waals surface area contributed by atoms with E-state index in [9.17, 15) is 8.42 Å². The van der Waals surface area contributed by atoms with Gasteiger partial charge in [0.2, 0.25) is 5.88 Å². The van der Waals surface area contributed by atoms with Gasteiger partial charge in [-0.25, -0.2) is 23.4 Å². The Kier molecular flexibility index (Phi) is 5.08. The van der Waals surface area contributed by atoms with Crippen LogP contribution in [0.3, 0.4) is 0 Å². The predicted octanol–water partition coefficient (Wildman–Crippen LogP) is 4.55. The maximum atomic E-state index is 13.3. The first kappa shape index (κ1) is 21.4. The van der Waals surface area contributed by atoms with Crippen molar-refractivity contribution in [3.8, 4) is 27.6 Å². The average molecular weight is 503 g/mol. The van der Waals surface area contributed by atoms with Gasteiger partial charge in [-0.3, -0.25) is 9.71 Å². The van der Waals surface area contributed by atoms with Gasteiger partial charge >= 0.3 is 0 Å². The summed E-state index contributed by atoms with van der Waals surface area (Å²) >= 11 is 1.50. The molecule has 5 aromatic rings. The molecule has 0 saturated carbocycles. The Morgan fingerprint density at radius 2 is 1.91 bits per heavy atom. The molecule has 1 aliphatic heterocycles. The summed E-state index contributed by atoms with van der Waals surface area (Å²) in [7, 11) is -2.45. The topological polar surface area (TPSA) is 119 Å². The Balaban J connectivity index is 1.60. The molecule has 0 spiro atoms. The number of aromatic nitrogens is 4. The standard InChI is InChI=1S/C24H18N6O3S2/c1-33-24-20-7-15(11-27-24)21-8-19-23(34-21)22(29-13-28-19)16-6-17(12-25-10-16)26-9-14-3-2-4-18(5-14)35(31,32)30-20/h2-8,10-13,26,30H,9H2,1H3. The third-order valence-electron chi connectivity index (χ3n) is 5.60. The van der Waals surface area contributed by atoms with E-state index in [2.05, 4.69) is 30.0 Å². The van der Waals surface area contributed by atoms with Crippen molar-refractivity contribution in [3.05, 3.63) is 72.9 Å². The van der Waals surface area contributed by atoms with Crippen molar-refractivity contribution in [1.29, 1.82) is 0 Å². The number of sulfonamides is 1. The number of thiophene rings is 1. The number of pyridine rings is 2. The molecule has 174 valence electrons. The summed E-state index contributed by atoms with van der Waals surface area (Å²) in [5.41, 5.74) is 4.97. The summed E-state index contributed by atoms with van der Waals surface area (Å²) in [6.45, 7) is 0.414. The Morgan fingerprint density at radius 1 is 1.00 bits per heavy atom. The first-order chi connectivity index (χ1) is 17.0. The fourth-order valence-electron chi connectivity index (χ4n) is 3.92. The Labute approximate surface area is 205 Å². The highest BCUT2D eigenvalue weighted by Crippen LogP contribution is 2.39. The highest BCUT2D eigenvalue weighted by molar-refractivity contribution is 7.92. The van der Waals surface area contributed by atoms with Crippen LogP contribution in [0.25, 0.3) is 31.9 Å². The molecule has 0 aliphatic carbocycles. The molecule has 2 N–H and O–H groups in total. The smallest absolute Gasteiger partial charge is 0.262 e. The minimum Gasteiger partial charge on any atom is -0.480 e. The number of nitrogens with zero attached hydrogens (tertiary/aromatic N) is 4. The van der Waals surface area contributed by atoms with Crippen LogP contribution in [0, 0.1) is 0 Å².